The Morgan fingerprint density at radius 2 is 1.94 bits per heavy atom. The van der Waals surface area contributed by atoms with Crippen molar-refractivity contribution in [2.24, 2.45) is 0 Å². The van der Waals surface area contributed by atoms with E-state index in [2.05, 4.69) is 22.9 Å². The fraction of sp³-hybridized carbons (Fsp3) is 0.500. The first-order valence-electron chi connectivity index (χ1n) is 6.34. The van der Waals surface area contributed by atoms with E-state index < -0.39 is 0 Å². The maximum atomic E-state index is 12.1. The molecule has 0 N–H and O–H groups in total. The predicted octanol–water partition coefficient (Wildman–Crippen LogP) is 3.98. The van der Waals surface area contributed by atoms with Crippen LogP contribution in [0.4, 0.5) is 0 Å². The summed E-state index contributed by atoms with van der Waals surface area (Å²) in [6.07, 6.45) is 3.38. The van der Waals surface area contributed by atoms with Crippen LogP contribution in [0.5, 0.6) is 11.5 Å². The molecule has 3 nitrogen and oxygen atoms in total. The molecule has 2 rings (SSSR count). The molecule has 0 saturated heterocycles. The molecule has 0 aromatic heterocycles. The van der Waals surface area contributed by atoms with Gasteiger partial charge in [0.2, 0.25) is 0 Å². The second-order valence-corrected chi connectivity index (χ2v) is 5.21. The number of carbonyl (C=O) groups is 1. The summed E-state index contributed by atoms with van der Waals surface area (Å²) in [5.74, 6) is 1.54. The van der Waals surface area contributed by atoms with Crippen LogP contribution in [0.1, 0.15) is 43.0 Å². The summed E-state index contributed by atoms with van der Waals surface area (Å²) in [7, 11) is 0. The van der Waals surface area contributed by atoms with Gasteiger partial charge in [0.1, 0.15) is 0 Å². The first-order chi connectivity index (χ1) is 8.72. The molecule has 18 heavy (non-hydrogen) atoms. The van der Waals surface area contributed by atoms with E-state index >= 15 is 0 Å². The monoisotopic (exact) mass is 312 g/mol. The van der Waals surface area contributed by atoms with Crippen LogP contribution in [0.2, 0.25) is 0 Å². The van der Waals surface area contributed by atoms with Crippen molar-refractivity contribution >= 4 is 21.7 Å². The quantitative estimate of drug-likeness (QED) is 0.789. The Morgan fingerprint density at radius 3 is 2.61 bits per heavy atom. The molecule has 0 bridgehead atoms. The highest BCUT2D eigenvalue weighted by molar-refractivity contribution is 9.10. The third-order valence-corrected chi connectivity index (χ3v) is 3.55. The van der Waals surface area contributed by atoms with Crippen LogP contribution >= 0.6 is 15.9 Å². The second-order valence-electron chi connectivity index (χ2n) is 4.36. The summed E-state index contributed by atoms with van der Waals surface area (Å²) in [6.45, 7) is 3.37. The Morgan fingerprint density at radius 1 is 1.28 bits per heavy atom. The minimum absolute atomic E-state index is 0.152. The highest BCUT2D eigenvalue weighted by Crippen LogP contribution is 2.35. The van der Waals surface area contributed by atoms with Gasteiger partial charge in [-0.1, -0.05) is 13.3 Å². The summed E-state index contributed by atoms with van der Waals surface area (Å²) in [6, 6.07) is 3.63. The maximum Gasteiger partial charge on any atom is 0.164 e. The molecule has 1 aliphatic rings. The summed E-state index contributed by atoms with van der Waals surface area (Å²) < 4.78 is 12.0. The zero-order valence-corrected chi connectivity index (χ0v) is 12.1. The van der Waals surface area contributed by atoms with Crippen LogP contribution in [-0.2, 0) is 0 Å². The van der Waals surface area contributed by atoms with Crippen LogP contribution in [-0.4, -0.2) is 19.0 Å². The predicted molar refractivity (Wildman–Crippen MR) is 73.6 cm³/mol. The Balaban J connectivity index is 2.26. The minimum atomic E-state index is 0.152. The topological polar surface area (TPSA) is 35.5 Å². The largest absolute Gasteiger partial charge is 0.490 e. The van der Waals surface area contributed by atoms with Crippen LogP contribution in [0, 0.1) is 0 Å². The van der Waals surface area contributed by atoms with Crippen LogP contribution in [0.25, 0.3) is 0 Å². The van der Waals surface area contributed by atoms with Gasteiger partial charge >= 0.3 is 0 Å². The molecule has 0 spiro atoms. The average molecular weight is 313 g/mol. The van der Waals surface area contributed by atoms with Crippen molar-refractivity contribution in [2.45, 2.75) is 32.6 Å². The van der Waals surface area contributed by atoms with E-state index in [9.17, 15) is 4.79 Å². The van der Waals surface area contributed by atoms with Gasteiger partial charge < -0.3 is 9.47 Å². The molecule has 0 saturated carbocycles. The van der Waals surface area contributed by atoms with Gasteiger partial charge in [-0.25, -0.2) is 0 Å². The van der Waals surface area contributed by atoms with Crippen molar-refractivity contribution in [1.82, 2.24) is 0 Å². The average Bonchev–Trinajstić information content (AvgIpc) is 2.59. The summed E-state index contributed by atoms with van der Waals surface area (Å²) >= 11 is 3.44. The smallest absolute Gasteiger partial charge is 0.164 e. The van der Waals surface area contributed by atoms with Crippen molar-refractivity contribution in [3.8, 4) is 11.5 Å². The number of halogens is 1. The lowest BCUT2D eigenvalue weighted by molar-refractivity contribution is 0.0978. The molecule has 0 amide bonds. The second kappa shape index (κ2) is 6.23. The van der Waals surface area contributed by atoms with Crippen molar-refractivity contribution in [3.63, 3.8) is 0 Å². The van der Waals surface area contributed by atoms with Gasteiger partial charge in [-0.05, 0) is 34.5 Å². The fourth-order valence-electron chi connectivity index (χ4n) is 1.87. The molecule has 0 fully saturated rings. The molecule has 0 atom stereocenters. The Hall–Kier alpha value is -1.03. The molecular formula is C14H17BrO3. The molecule has 1 aromatic rings. The molecule has 4 heteroatoms. The highest BCUT2D eigenvalue weighted by atomic mass is 79.9. The standard InChI is InChI=1S/C14H17BrO3/c1-2-3-5-12(16)10-8-13-14(9-11(10)15)18-7-4-6-17-13/h8-9H,2-7H2,1H3. The van der Waals surface area contributed by atoms with E-state index in [1.807, 2.05) is 6.07 Å². The third kappa shape index (κ3) is 3.05. The van der Waals surface area contributed by atoms with Crippen LogP contribution in [0.3, 0.4) is 0 Å². The van der Waals surface area contributed by atoms with E-state index in [0.29, 0.717) is 36.7 Å². The van der Waals surface area contributed by atoms with Crippen molar-refractivity contribution < 1.29 is 14.3 Å². The van der Waals surface area contributed by atoms with Gasteiger partial charge in [-0.15, -0.1) is 0 Å². The summed E-state index contributed by atoms with van der Waals surface area (Å²) in [5.41, 5.74) is 0.688. The number of hydrogen-bond acceptors (Lipinski definition) is 3. The maximum absolute atomic E-state index is 12.1. The van der Waals surface area contributed by atoms with Gasteiger partial charge in [0.05, 0.1) is 13.2 Å². The molecule has 0 aliphatic carbocycles. The molecule has 1 aromatic carbocycles. The van der Waals surface area contributed by atoms with Crippen molar-refractivity contribution in [1.29, 1.82) is 0 Å². The van der Waals surface area contributed by atoms with E-state index in [0.717, 1.165) is 23.7 Å². The number of carbonyl (C=O) groups excluding carboxylic acids is 1. The normalized spacial score (nSPS) is 14.1. The number of benzene rings is 1. The van der Waals surface area contributed by atoms with Crippen molar-refractivity contribution in [2.75, 3.05) is 13.2 Å². The number of hydrogen-bond donors (Lipinski definition) is 0. The first-order valence-corrected chi connectivity index (χ1v) is 7.14. The van der Waals surface area contributed by atoms with Crippen molar-refractivity contribution in [3.05, 3.63) is 22.2 Å². The molecule has 0 unspecified atom stereocenters. The summed E-state index contributed by atoms with van der Waals surface area (Å²) in [5, 5.41) is 0. The SMILES string of the molecule is CCCCC(=O)c1cc2c(cc1Br)OCCCO2. The lowest BCUT2D eigenvalue weighted by Crippen LogP contribution is -2.02. The molecule has 0 radical (unpaired) electrons. The lowest BCUT2D eigenvalue weighted by atomic mass is 10.1. The number of ether oxygens (including phenoxy) is 2. The number of ketones is 1. The molecular weight excluding hydrogens is 296 g/mol. The van der Waals surface area contributed by atoms with Gasteiger partial charge in [0.15, 0.2) is 17.3 Å². The highest BCUT2D eigenvalue weighted by Gasteiger charge is 2.17. The zero-order valence-electron chi connectivity index (χ0n) is 10.5. The lowest BCUT2D eigenvalue weighted by Gasteiger charge is -2.11. The Labute approximate surface area is 116 Å². The fourth-order valence-corrected chi connectivity index (χ4v) is 2.41. The number of rotatable bonds is 4. The number of fused-ring (bicyclic) bond motifs is 1. The Bertz CT molecular complexity index is 443. The van der Waals surface area contributed by atoms with Gasteiger partial charge in [-0.3, -0.25) is 4.79 Å². The Kier molecular flexibility index (Phi) is 4.64. The zero-order chi connectivity index (χ0) is 13.0. The molecule has 98 valence electrons. The van der Waals surface area contributed by atoms with E-state index in [1.54, 1.807) is 6.07 Å². The van der Waals surface area contributed by atoms with E-state index in [-0.39, 0.29) is 5.78 Å². The first kappa shape index (κ1) is 13.4. The van der Waals surface area contributed by atoms with E-state index in [4.69, 9.17) is 9.47 Å². The molecule has 1 heterocycles. The van der Waals surface area contributed by atoms with Crippen LogP contribution in [0.15, 0.2) is 16.6 Å². The number of unbranched alkanes of at least 4 members (excludes halogenated alkanes) is 1. The number of Topliss-reactive ketones (excluding diaryl/α,β-unsaturated/α-hetero) is 1. The third-order valence-electron chi connectivity index (χ3n) is 2.90. The summed E-state index contributed by atoms with van der Waals surface area (Å²) in [4.78, 5) is 12.1. The minimum Gasteiger partial charge on any atom is -0.490 e. The van der Waals surface area contributed by atoms with Crippen LogP contribution < -0.4 is 9.47 Å². The van der Waals surface area contributed by atoms with Gasteiger partial charge in [0.25, 0.3) is 0 Å². The van der Waals surface area contributed by atoms with Gasteiger partial charge in [-0.2, -0.15) is 0 Å². The van der Waals surface area contributed by atoms with E-state index in [1.165, 1.54) is 0 Å². The molecule has 1 aliphatic heterocycles. The van der Waals surface area contributed by atoms with Gasteiger partial charge in [0, 0.05) is 22.9 Å².